The lowest BCUT2D eigenvalue weighted by atomic mass is 10.1. The molecular formula is C16H15ClF3N5O2. The molecular weight excluding hydrogens is 387 g/mol. The lowest BCUT2D eigenvalue weighted by molar-refractivity contribution is -0.137. The Morgan fingerprint density at radius 3 is 2.70 bits per heavy atom. The van der Waals surface area contributed by atoms with E-state index in [0.717, 1.165) is 17.7 Å². The molecule has 27 heavy (non-hydrogen) atoms. The predicted molar refractivity (Wildman–Crippen MR) is 92.4 cm³/mol. The molecule has 3 rings (SSSR count). The van der Waals surface area contributed by atoms with Crippen molar-refractivity contribution in [2.45, 2.75) is 32.5 Å². The molecule has 144 valence electrons. The molecule has 0 bridgehead atoms. The summed E-state index contributed by atoms with van der Waals surface area (Å²) in [5.74, 6) is -0.435. The van der Waals surface area contributed by atoms with Gasteiger partial charge in [0.05, 0.1) is 17.0 Å². The minimum absolute atomic E-state index is 0.0807. The number of anilines is 1. The number of hydrogen-bond acceptors (Lipinski definition) is 5. The zero-order valence-electron chi connectivity index (χ0n) is 14.2. The predicted octanol–water partition coefficient (Wildman–Crippen LogP) is 2.61. The van der Waals surface area contributed by atoms with Crippen molar-refractivity contribution in [3.05, 3.63) is 40.2 Å². The fraction of sp³-hybridized carbons (Fsp3) is 0.312. The largest absolute Gasteiger partial charge is 0.417 e. The number of hydrazine groups is 1. The zero-order chi connectivity index (χ0) is 19.9. The van der Waals surface area contributed by atoms with E-state index in [2.05, 4.69) is 21.1 Å². The van der Waals surface area contributed by atoms with Crippen LogP contribution in [0, 0.1) is 0 Å². The van der Waals surface area contributed by atoms with Crippen molar-refractivity contribution in [3.63, 3.8) is 0 Å². The Kier molecular flexibility index (Phi) is 4.77. The molecule has 2 aliphatic heterocycles. The highest BCUT2D eigenvalue weighted by molar-refractivity contribution is 6.31. The quantitative estimate of drug-likeness (QED) is 0.711. The average molecular weight is 402 g/mol. The lowest BCUT2D eigenvalue weighted by Crippen LogP contribution is -2.61. The Hall–Kier alpha value is -2.75. The molecule has 0 radical (unpaired) electrons. The SMILES string of the molecule is CC(C)=C1N=C2NC(=O)C[C@@H](C(=O)Nc3ccc(Cl)c(C(F)(F)F)c3)N2N1. The number of nitrogens with zero attached hydrogens (tertiary/aromatic N) is 2. The van der Waals surface area contributed by atoms with Gasteiger partial charge in [-0.1, -0.05) is 11.6 Å². The van der Waals surface area contributed by atoms with Gasteiger partial charge in [0, 0.05) is 5.69 Å². The minimum Gasteiger partial charge on any atom is -0.324 e. The number of aliphatic imine (C=N–C) groups is 1. The van der Waals surface area contributed by atoms with Crippen LogP contribution < -0.4 is 16.1 Å². The van der Waals surface area contributed by atoms with Gasteiger partial charge in [-0.3, -0.25) is 20.3 Å². The van der Waals surface area contributed by atoms with E-state index in [1.54, 1.807) is 13.8 Å². The standard InChI is InChI=1S/C16H15ClF3N5O2/c1-7(2)13-23-15-22-12(26)6-11(25(15)24-13)14(27)21-8-3-4-10(17)9(5-8)16(18,19)20/h3-5,11,24H,6H2,1-2H3,(H,21,27)(H,22,23,26)/t11-/m0/s1. The number of guanidine groups is 1. The van der Waals surface area contributed by atoms with Crippen LogP contribution in [0.25, 0.3) is 0 Å². The number of nitrogens with one attached hydrogen (secondary N) is 3. The van der Waals surface area contributed by atoms with Crippen LogP contribution in [0.4, 0.5) is 18.9 Å². The molecule has 1 atom stereocenters. The summed E-state index contributed by atoms with van der Waals surface area (Å²) in [4.78, 5) is 28.7. The number of carbonyl (C=O) groups excluding carboxylic acids is 2. The zero-order valence-corrected chi connectivity index (χ0v) is 15.0. The summed E-state index contributed by atoms with van der Waals surface area (Å²) in [5.41, 5.74) is 2.60. The summed E-state index contributed by atoms with van der Waals surface area (Å²) in [6.07, 6.45) is -4.84. The van der Waals surface area contributed by atoms with E-state index in [9.17, 15) is 22.8 Å². The molecule has 2 aliphatic rings. The Bertz CT molecular complexity index is 877. The molecule has 11 heteroatoms. The summed E-state index contributed by atoms with van der Waals surface area (Å²) in [6, 6.07) is 2.07. The van der Waals surface area contributed by atoms with Crippen LogP contribution in [0.2, 0.25) is 5.02 Å². The Morgan fingerprint density at radius 2 is 2.07 bits per heavy atom. The van der Waals surface area contributed by atoms with Crippen molar-refractivity contribution in [1.82, 2.24) is 15.8 Å². The number of hydrogen-bond donors (Lipinski definition) is 3. The third kappa shape index (κ3) is 3.85. The summed E-state index contributed by atoms with van der Waals surface area (Å²) in [7, 11) is 0. The molecule has 1 saturated heterocycles. The first-order valence-corrected chi connectivity index (χ1v) is 8.23. The first-order valence-electron chi connectivity index (χ1n) is 7.86. The molecule has 1 aromatic rings. The number of fused-ring (bicyclic) bond motifs is 1. The highest BCUT2D eigenvalue weighted by atomic mass is 35.5. The van der Waals surface area contributed by atoms with Gasteiger partial charge in [-0.15, -0.1) is 0 Å². The van der Waals surface area contributed by atoms with Crippen molar-refractivity contribution < 1.29 is 22.8 Å². The van der Waals surface area contributed by atoms with Crippen LogP contribution in [0.5, 0.6) is 0 Å². The summed E-state index contributed by atoms with van der Waals surface area (Å²) >= 11 is 5.58. The number of allylic oxidation sites excluding steroid dienone is 1. The maximum Gasteiger partial charge on any atom is 0.417 e. The first kappa shape index (κ1) is 19.0. The second-order valence-electron chi connectivity index (χ2n) is 6.22. The monoisotopic (exact) mass is 401 g/mol. The van der Waals surface area contributed by atoms with Crippen LogP contribution in [0.3, 0.4) is 0 Å². The van der Waals surface area contributed by atoms with Crippen LogP contribution >= 0.6 is 11.6 Å². The third-order valence-electron chi connectivity index (χ3n) is 3.93. The van der Waals surface area contributed by atoms with E-state index in [1.165, 1.54) is 11.1 Å². The number of benzene rings is 1. The number of rotatable bonds is 2. The normalized spacial score (nSPS) is 19.1. The Labute approximate surface area is 157 Å². The number of alkyl halides is 3. The molecule has 2 heterocycles. The molecule has 0 aromatic heterocycles. The highest BCUT2D eigenvalue weighted by Gasteiger charge is 2.40. The van der Waals surface area contributed by atoms with Gasteiger partial charge in [-0.05, 0) is 37.6 Å². The van der Waals surface area contributed by atoms with Crippen LogP contribution in [-0.4, -0.2) is 28.8 Å². The van der Waals surface area contributed by atoms with E-state index in [-0.39, 0.29) is 18.1 Å². The fourth-order valence-electron chi connectivity index (χ4n) is 2.59. The minimum atomic E-state index is -4.66. The van der Waals surface area contributed by atoms with Gasteiger partial charge in [-0.2, -0.15) is 18.2 Å². The number of halogens is 4. The van der Waals surface area contributed by atoms with E-state index in [4.69, 9.17) is 11.6 Å². The van der Waals surface area contributed by atoms with Crippen LogP contribution in [0.1, 0.15) is 25.8 Å². The molecule has 2 amide bonds. The maximum atomic E-state index is 13.0. The van der Waals surface area contributed by atoms with Crippen molar-refractivity contribution in [2.24, 2.45) is 4.99 Å². The second kappa shape index (κ2) is 6.76. The van der Waals surface area contributed by atoms with Gasteiger partial charge in [-0.25, -0.2) is 5.01 Å². The van der Waals surface area contributed by atoms with Crippen molar-refractivity contribution in [1.29, 1.82) is 0 Å². The molecule has 1 fully saturated rings. The van der Waals surface area contributed by atoms with Gasteiger partial charge in [0.25, 0.3) is 0 Å². The molecule has 0 saturated carbocycles. The number of amides is 2. The topological polar surface area (TPSA) is 85.8 Å². The van der Waals surface area contributed by atoms with Gasteiger partial charge < -0.3 is 5.32 Å². The Balaban J connectivity index is 1.83. The van der Waals surface area contributed by atoms with Crippen molar-refractivity contribution in [3.8, 4) is 0 Å². The van der Waals surface area contributed by atoms with Gasteiger partial charge >= 0.3 is 6.18 Å². The third-order valence-corrected chi connectivity index (χ3v) is 4.26. The van der Waals surface area contributed by atoms with Crippen molar-refractivity contribution in [2.75, 3.05) is 5.32 Å². The molecule has 0 spiro atoms. The van der Waals surface area contributed by atoms with E-state index in [1.807, 2.05) is 0 Å². The van der Waals surface area contributed by atoms with Gasteiger partial charge in [0.1, 0.15) is 11.9 Å². The van der Waals surface area contributed by atoms with Crippen molar-refractivity contribution >= 4 is 35.1 Å². The highest BCUT2D eigenvalue weighted by Crippen LogP contribution is 2.36. The van der Waals surface area contributed by atoms with E-state index >= 15 is 0 Å². The van der Waals surface area contributed by atoms with E-state index < -0.39 is 34.6 Å². The molecule has 1 aromatic carbocycles. The maximum absolute atomic E-state index is 13.0. The van der Waals surface area contributed by atoms with Crippen LogP contribution in [0.15, 0.2) is 34.6 Å². The van der Waals surface area contributed by atoms with Gasteiger partial charge in [0.15, 0.2) is 0 Å². The summed E-state index contributed by atoms with van der Waals surface area (Å²) < 4.78 is 38.9. The molecule has 7 nitrogen and oxygen atoms in total. The van der Waals surface area contributed by atoms with Crippen LogP contribution in [-0.2, 0) is 15.8 Å². The Morgan fingerprint density at radius 1 is 1.37 bits per heavy atom. The summed E-state index contributed by atoms with van der Waals surface area (Å²) in [6.45, 7) is 3.60. The second-order valence-corrected chi connectivity index (χ2v) is 6.62. The summed E-state index contributed by atoms with van der Waals surface area (Å²) in [5, 5.41) is 5.84. The smallest absolute Gasteiger partial charge is 0.324 e. The fourth-order valence-corrected chi connectivity index (χ4v) is 2.81. The lowest BCUT2D eigenvalue weighted by Gasteiger charge is -2.32. The molecule has 0 aliphatic carbocycles. The average Bonchev–Trinajstić information content (AvgIpc) is 2.98. The molecule has 0 unspecified atom stereocenters. The number of carbonyl (C=O) groups is 2. The van der Waals surface area contributed by atoms with E-state index in [0.29, 0.717) is 5.82 Å². The van der Waals surface area contributed by atoms with Gasteiger partial charge in [0.2, 0.25) is 17.8 Å². The molecule has 3 N–H and O–H groups in total. The first-order chi connectivity index (χ1) is 12.6.